The van der Waals surface area contributed by atoms with Crippen LogP contribution in [0.1, 0.15) is 0 Å². The Kier molecular flexibility index (Phi) is 5.27. The molecular formula is C25H20Br2N2O. The molecular weight excluding hydrogens is 504 g/mol. The first-order chi connectivity index (χ1) is 14.6. The van der Waals surface area contributed by atoms with Crippen LogP contribution in [-0.2, 0) is 6.54 Å². The number of hydrogen-bond donors (Lipinski definition) is 2. The number of fused-ring (bicyclic) bond motifs is 4. The zero-order valence-corrected chi connectivity index (χ0v) is 19.3. The largest absolute Gasteiger partial charge is 0.389 e. The first-order valence-electron chi connectivity index (χ1n) is 9.87. The maximum atomic E-state index is 10.9. The molecule has 5 heteroatoms. The quantitative estimate of drug-likeness (QED) is 0.261. The lowest BCUT2D eigenvalue weighted by molar-refractivity contribution is 0.169. The molecule has 3 nitrogen and oxygen atoms in total. The van der Waals surface area contributed by atoms with Gasteiger partial charge in [0.1, 0.15) is 0 Å². The van der Waals surface area contributed by atoms with Gasteiger partial charge in [0.25, 0.3) is 0 Å². The van der Waals surface area contributed by atoms with Crippen molar-refractivity contribution in [2.75, 3.05) is 11.9 Å². The normalized spacial score (nSPS) is 12.6. The molecule has 150 valence electrons. The molecule has 0 fully saturated rings. The second-order valence-corrected chi connectivity index (χ2v) is 9.33. The average Bonchev–Trinajstić information content (AvgIpc) is 3.04. The lowest BCUT2D eigenvalue weighted by Crippen LogP contribution is -2.24. The van der Waals surface area contributed by atoms with Crippen LogP contribution in [-0.4, -0.2) is 22.3 Å². The number of anilines is 1. The molecule has 4 aromatic carbocycles. The Morgan fingerprint density at radius 2 is 1.40 bits per heavy atom. The molecule has 0 bridgehead atoms. The van der Waals surface area contributed by atoms with Gasteiger partial charge in [-0.3, -0.25) is 0 Å². The molecule has 0 saturated carbocycles. The Morgan fingerprint density at radius 3 is 2.10 bits per heavy atom. The van der Waals surface area contributed by atoms with Crippen molar-refractivity contribution in [2.45, 2.75) is 12.6 Å². The average molecular weight is 524 g/mol. The summed E-state index contributed by atoms with van der Waals surface area (Å²) < 4.78 is 4.30. The van der Waals surface area contributed by atoms with Crippen LogP contribution in [0.4, 0.5) is 5.69 Å². The Bertz CT molecular complexity index is 1310. The summed E-state index contributed by atoms with van der Waals surface area (Å²) in [6, 6.07) is 27.1. The number of benzene rings is 4. The van der Waals surface area contributed by atoms with E-state index in [4.69, 9.17) is 0 Å². The van der Waals surface area contributed by atoms with Gasteiger partial charge in [0.05, 0.1) is 12.6 Å². The van der Waals surface area contributed by atoms with Gasteiger partial charge in [-0.1, -0.05) is 68.3 Å². The van der Waals surface area contributed by atoms with Crippen LogP contribution in [0.5, 0.6) is 0 Å². The second-order valence-electron chi connectivity index (χ2n) is 7.49. The Balaban J connectivity index is 1.45. The summed E-state index contributed by atoms with van der Waals surface area (Å²) in [4.78, 5) is 0. The van der Waals surface area contributed by atoms with Crippen LogP contribution in [0, 0.1) is 0 Å². The Morgan fingerprint density at radius 1 is 0.767 bits per heavy atom. The number of aliphatic hydroxyl groups is 1. The lowest BCUT2D eigenvalue weighted by atomic mass is 10.1. The third-order valence-corrected chi connectivity index (χ3v) is 6.49. The summed E-state index contributed by atoms with van der Waals surface area (Å²) in [6.07, 6.45) is -0.532. The zero-order chi connectivity index (χ0) is 20.7. The predicted molar refractivity (Wildman–Crippen MR) is 133 cm³/mol. The molecule has 0 radical (unpaired) electrons. The van der Waals surface area contributed by atoms with E-state index in [-0.39, 0.29) is 0 Å². The van der Waals surface area contributed by atoms with E-state index < -0.39 is 6.10 Å². The fourth-order valence-electron chi connectivity index (χ4n) is 4.13. The highest BCUT2D eigenvalue weighted by molar-refractivity contribution is 9.10. The summed E-state index contributed by atoms with van der Waals surface area (Å²) in [6.45, 7) is 0.989. The Labute approximate surface area is 191 Å². The van der Waals surface area contributed by atoms with Gasteiger partial charge in [-0.2, -0.15) is 0 Å². The van der Waals surface area contributed by atoms with E-state index in [1.807, 2.05) is 30.3 Å². The maximum absolute atomic E-state index is 10.9. The minimum Gasteiger partial charge on any atom is -0.389 e. The van der Waals surface area contributed by atoms with Gasteiger partial charge >= 0.3 is 0 Å². The van der Waals surface area contributed by atoms with Gasteiger partial charge in [-0.25, -0.2) is 0 Å². The third-order valence-electron chi connectivity index (χ3n) is 5.50. The van der Waals surface area contributed by atoms with Crippen molar-refractivity contribution in [3.63, 3.8) is 0 Å². The van der Waals surface area contributed by atoms with Crippen LogP contribution in [0.2, 0.25) is 0 Å². The standard InChI is InChI=1S/C25H20Br2N2O/c26-17-8-10-24-21(12-17)22-13-18(27)9-11-25(22)29(24)15-19(30)14-28-23-7-3-5-16-4-1-2-6-20(16)23/h1-13,19,28,30H,14-15H2. The number of nitrogens with zero attached hydrogens (tertiary/aromatic N) is 1. The molecule has 1 unspecified atom stereocenters. The van der Waals surface area contributed by atoms with Gasteiger partial charge in [-0.15, -0.1) is 0 Å². The van der Waals surface area contributed by atoms with Crippen LogP contribution >= 0.6 is 31.9 Å². The summed E-state index contributed by atoms with van der Waals surface area (Å²) in [5.74, 6) is 0. The maximum Gasteiger partial charge on any atom is 0.0891 e. The van der Waals surface area contributed by atoms with Crippen LogP contribution in [0.15, 0.2) is 87.8 Å². The highest BCUT2D eigenvalue weighted by atomic mass is 79.9. The van der Waals surface area contributed by atoms with Crippen LogP contribution in [0.25, 0.3) is 32.6 Å². The molecule has 5 rings (SSSR count). The van der Waals surface area contributed by atoms with Crippen molar-refractivity contribution < 1.29 is 5.11 Å². The molecule has 1 heterocycles. The molecule has 0 saturated heterocycles. The van der Waals surface area contributed by atoms with Crippen molar-refractivity contribution in [1.29, 1.82) is 0 Å². The second kappa shape index (κ2) is 8.06. The molecule has 0 aliphatic heterocycles. The Hall–Kier alpha value is -2.34. The molecule has 1 aromatic heterocycles. The monoisotopic (exact) mass is 522 g/mol. The SMILES string of the molecule is OC(CNc1cccc2ccccc12)Cn1c2ccc(Br)cc2c2cc(Br)ccc21. The van der Waals surface area contributed by atoms with E-state index in [2.05, 4.69) is 90.3 Å². The number of aromatic nitrogens is 1. The molecule has 0 spiro atoms. The van der Waals surface area contributed by atoms with Crippen LogP contribution < -0.4 is 5.32 Å². The van der Waals surface area contributed by atoms with E-state index in [9.17, 15) is 5.11 Å². The van der Waals surface area contributed by atoms with Gasteiger partial charge in [0.2, 0.25) is 0 Å². The summed E-state index contributed by atoms with van der Waals surface area (Å²) in [5.41, 5.74) is 3.29. The summed E-state index contributed by atoms with van der Waals surface area (Å²) >= 11 is 7.17. The van der Waals surface area contributed by atoms with E-state index in [1.165, 1.54) is 21.5 Å². The first-order valence-corrected chi connectivity index (χ1v) is 11.5. The van der Waals surface area contributed by atoms with Crippen molar-refractivity contribution >= 4 is 70.1 Å². The molecule has 2 N–H and O–H groups in total. The molecule has 0 aliphatic rings. The highest BCUT2D eigenvalue weighted by Crippen LogP contribution is 2.33. The topological polar surface area (TPSA) is 37.2 Å². The number of aliphatic hydroxyl groups excluding tert-OH is 1. The molecule has 1 atom stereocenters. The molecule has 5 aromatic rings. The number of halogens is 2. The van der Waals surface area contributed by atoms with E-state index >= 15 is 0 Å². The van der Waals surface area contributed by atoms with E-state index in [0.717, 1.165) is 25.7 Å². The van der Waals surface area contributed by atoms with E-state index in [1.54, 1.807) is 0 Å². The minimum atomic E-state index is -0.532. The minimum absolute atomic E-state index is 0.474. The van der Waals surface area contributed by atoms with Crippen molar-refractivity contribution in [2.24, 2.45) is 0 Å². The zero-order valence-electron chi connectivity index (χ0n) is 16.1. The fourth-order valence-corrected chi connectivity index (χ4v) is 4.85. The highest BCUT2D eigenvalue weighted by Gasteiger charge is 2.15. The number of nitrogens with one attached hydrogen (secondary N) is 1. The van der Waals surface area contributed by atoms with Crippen molar-refractivity contribution in [3.05, 3.63) is 87.8 Å². The first kappa shape index (κ1) is 19.6. The van der Waals surface area contributed by atoms with Crippen molar-refractivity contribution in [3.8, 4) is 0 Å². The van der Waals surface area contributed by atoms with E-state index in [0.29, 0.717) is 13.1 Å². The van der Waals surface area contributed by atoms with Gasteiger partial charge < -0.3 is 15.0 Å². The molecule has 0 aliphatic carbocycles. The predicted octanol–water partition coefficient (Wildman–Crippen LogP) is 6.95. The lowest BCUT2D eigenvalue weighted by Gasteiger charge is -2.16. The molecule has 30 heavy (non-hydrogen) atoms. The van der Waals surface area contributed by atoms with Gasteiger partial charge in [0, 0.05) is 48.4 Å². The van der Waals surface area contributed by atoms with Gasteiger partial charge in [-0.05, 0) is 47.9 Å². The fraction of sp³-hybridized carbons (Fsp3) is 0.120. The third kappa shape index (κ3) is 3.62. The summed E-state index contributed by atoms with van der Waals surface area (Å²) in [5, 5.41) is 19.0. The number of hydrogen-bond acceptors (Lipinski definition) is 2. The summed E-state index contributed by atoms with van der Waals surface area (Å²) in [7, 11) is 0. The number of rotatable bonds is 5. The van der Waals surface area contributed by atoms with Gasteiger partial charge in [0.15, 0.2) is 0 Å². The smallest absolute Gasteiger partial charge is 0.0891 e. The van der Waals surface area contributed by atoms with Crippen molar-refractivity contribution in [1.82, 2.24) is 4.57 Å². The molecule has 0 amide bonds. The van der Waals surface area contributed by atoms with Crippen LogP contribution in [0.3, 0.4) is 0 Å².